The fraction of sp³-hybridized carbons (Fsp3) is 0.526. The van der Waals surface area contributed by atoms with Gasteiger partial charge in [-0.15, -0.1) is 0 Å². The highest BCUT2D eigenvalue weighted by atomic mass is 16.2. The van der Waals surface area contributed by atoms with E-state index in [1.54, 1.807) is 0 Å². The van der Waals surface area contributed by atoms with Crippen LogP contribution in [0.25, 0.3) is 0 Å². The fourth-order valence-corrected chi connectivity index (χ4v) is 3.27. The first kappa shape index (κ1) is 17.6. The van der Waals surface area contributed by atoms with Gasteiger partial charge in [0.1, 0.15) is 5.71 Å². The van der Waals surface area contributed by atoms with Crippen molar-refractivity contribution in [2.75, 3.05) is 25.1 Å². The molecule has 2 heterocycles. The Morgan fingerprint density at radius 2 is 1.92 bits per heavy atom. The van der Waals surface area contributed by atoms with E-state index in [1.165, 1.54) is 5.01 Å². The van der Waals surface area contributed by atoms with Gasteiger partial charge in [0.2, 0.25) is 5.91 Å². The highest BCUT2D eigenvalue weighted by Gasteiger charge is 2.28. The number of rotatable bonds is 3. The first-order chi connectivity index (χ1) is 11.9. The largest absolute Gasteiger partial charge is 0.348 e. The summed E-state index contributed by atoms with van der Waals surface area (Å²) in [5, 5.41) is 8.88. The predicted molar refractivity (Wildman–Crippen MR) is 98.7 cm³/mol. The van der Waals surface area contributed by atoms with E-state index in [9.17, 15) is 9.59 Å². The number of hydrogen-bond donors (Lipinski definition) is 1. The number of hydrogen-bond acceptors (Lipinski definition) is 4. The average molecular weight is 342 g/mol. The highest BCUT2D eigenvalue weighted by molar-refractivity contribution is 6.40. The molecule has 1 aromatic carbocycles. The van der Waals surface area contributed by atoms with Crippen LogP contribution >= 0.6 is 0 Å². The Bertz CT molecular complexity index is 705. The highest BCUT2D eigenvalue weighted by Crippen LogP contribution is 2.25. The van der Waals surface area contributed by atoms with Gasteiger partial charge in [-0.2, -0.15) is 5.10 Å². The Morgan fingerprint density at radius 3 is 2.64 bits per heavy atom. The summed E-state index contributed by atoms with van der Waals surface area (Å²) in [4.78, 5) is 27.2. The summed E-state index contributed by atoms with van der Waals surface area (Å²) in [6.45, 7) is 5.91. The maximum atomic E-state index is 12.6. The van der Waals surface area contributed by atoms with Gasteiger partial charge in [-0.1, -0.05) is 12.1 Å². The summed E-state index contributed by atoms with van der Waals surface area (Å²) in [5.41, 5.74) is 3.24. The zero-order chi connectivity index (χ0) is 18.0. The van der Waals surface area contributed by atoms with Crippen molar-refractivity contribution in [1.82, 2.24) is 10.2 Å². The summed E-state index contributed by atoms with van der Waals surface area (Å²) in [6.07, 6.45) is 2.62. The van der Waals surface area contributed by atoms with Crippen LogP contribution in [0.1, 0.15) is 36.8 Å². The maximum absolute atomic E-state index is 12.6. The van der Waals surface area contributed by atoms with E-state index in [1.807, 2.05) is 32.0 Å². The van der Waals surface area contributed by atoms with E-state index in [-0.39, 0.29) is 17.9 Å². The van der Waals surface area contributed by atoms with Crippen molar-refractivity contribution in [1.29, 1.82) is 0 Å². The molecule has 0 aliphatic carbocycles. The molecule has 2 aliphatic heterocycles. The van der Waals surface area contributed by atoms with Crippen LogP contribution in [0.2, 0.25) is 0 Å². The van der Waals surface area contributed by atoms with Crippen molar-refractivity contribution >= 4 is 23.2 Å². The number of carbonyl (C=O) groups is 2. The monoisotopic (exact) mass is 342 g/mol. The Labute approximate surface area is 148 Å². The molecule has 134 valence electrons. The van der Waals surface area contributed by atoms with E-state index in [0.29, 0.717) is 18.6 Å². The molecule has 1 aromatic rings. The minimum Gasteiger partial charge on any atom is -0.348 e. The minimum atomic E-state index is -0.141. The first-order valence-electron chi connectivity index (χ1n) is 8.91. The Balaban J connectivity index is 1.76. The number of likely N-dealkylation sites (tertiary alicyclic amines) is 1. The van der Waals surface area contributed by atoms with Gasteiger partial charge in [0, 0.05) is 18.9 Å². The molecule has 2 amide bonds. The number of aryl methyl sites for hydroxylation is 2. The van der Waals surface area contributed by atoms with Crippen LogP contribution in [0.15, 0.2) is 23.3 Å². The topological polar surface area (TPSA) is 65.0 Å². The summed E-state index contributed by atoms with van der Waals surface area (Å²) in [7, 11) is 2.09. The number of nitrogens with one attached hydrogen (secondary N) is 1. The smallest absolute Gasteiger partial charge is 0.267 e. The molecule has 0 radical (unpaired) electrons. The van der Waals surface area contributed by atoms with Crippen molar-refractivity contribution < 1.29 is 9.59 Å². The van der Waals surface area contributed by atoms with Gasteiger partial charge in [0.15, 0.2) is 0 Å². The van der Waals surface area contributed by atoms with Crippen LogP contribution < -0.4 is 10.3 Å². The van der Waals surface area contributed by atoms with Crippen molar-refractivity contribution in [2.24, 2.45) is 5.10 Å². The third-order valence-corrected chi connectivity index (χ3v) is 4.94. The molecule has 25 heavy (non-hydrogen) atoms. The molecule has 6 heteroatoms. The zero-order valence-electron chi connectivity index (χ0n) is 15.2. The van der Waals surface area contributed by atoms with Gasteiger partial charge in [0.05, 0.1) is 5.69 Å². The minimum absolute atomic E-state index is 0.0652. The lowest BCUT2D eigenvalue weighted by Crippen LogP contribution is -2.47. The Morgan fingerprint density at radius 1 is 1.20 bits per heavy atom. The molecule has 0 saturated carbocycles. The number of carbonyl (C=O) groups excluding carboxylic acids is 2. The second kappa shape index (κ2) is 7.35. The van der Waals surface area contributed by atoms with E-state index in [0.717, 1.165) is 42.7 Å². The first-order valence-corrected chi connectivity index (χ1v) is 8.91. The van der Waals surface area contributed by atoms with E-state index < -0.39 is 0 Å². The SMILES string of the molecule is Cc1ccc(C)c(N2N=C(C(=O)NC3CCN(C)CC3)CCC2=O)c1. The van der Waals surface area contributed by atoms with Crippen LogP contribution in [-0.4, -0.2) is 48.6 Å². The van der Waals surface area contributed by atoms with Crippen molar-refractivity contribution in [3.8, 4) is 0 Å². The van der Waals surface area contributed by atoms with Crippen LogP contribution in [0.5, 0.6) is 0 Å². The predicted octanol–water partition coefficient (Wildman–Crippen LogP) is 2.00. The number of anilines is 1. The molecular formula is C19H26N4O2. The lowest BCUT2D eigenvalue weighted by Gasteiger charge is -2.30. The van der Waals surface area contributed by atoms with Crippen LogP contribution in [-0.2, 0) is 9.59 Å². The molecule has 1 saturated heterocycles. The lowest BCUT2D eigenvalue weighted by molar-refractivity contribution is -0.119. The second-order valence-corrected chi connectivity index (χ2v) is 7.09. The molecule has 1 fully saturated rings. The third-order valence-electron chi connectivity index (χ3n) is 4.94. The van der Waals surface area contributed by atoms with Gasteiger partial charge in [-0.25, -0.2) is 5.01 Å². The molecule has 1 N–H and O–H groups in total. The lowest BCUT2D eigenvalue weighted by atomic mass is 10.0. The summed E-state index contributed by atoms with van der Waals surface area (Å²) < 4.78 is 0. The van der Waals surface area contributed by atoms with Crippen LogP contribution in [0.3, 0.4) is 0 Å². The van der Waals surface area contributed by atoms with Crippen LogP contribution in [0.4, 0.5) is 5.69 Å². The van der Waals surface area contributed by atoms with E-state index in [2.05, 4.69) is 22.4 Å². The van der Waals surface area contributed by atoms with Crippen LogP contribution in [0, 0.1) is 13.8 Å². The summed E-state index contributed by atoms with van der Waals surface area (Å²) >= 11 is 0. The Kier molecular flexibility index (Phi) is 5.18. The van der Waals surface area contributed by atoms with Gasteiger partial charge >= 0.3 is 0 Å². The van der Waals surface area contributed by atoms with Gasteiger partial charge in [-0.3, -0.25) is 9.59 Å². The molecule has 0 spiro atoms. The normalized spacial score (nSPS) is 19.7. The second-order valence-electron chi connectivity index (χ2n) is 7.09. The quantitative estimate of drug-likeness (QED) is 0.914. The molecule has 0 atom stereocenters. The fourth-order valence-electron chi connectivity index (χ4n) is 3.27. The molecule has 3 rings (SSSR count). The molecule has 6 nitrogen and oxygen atoms in total. The zero-order valence-corrected chi connectivity index (χ0v) is 15.2. The standard InChI is InChI=1S/C19H26N4O2/c1-13-4-5-14(2)17(12-13)23-18(24)7-6-16(21-23)19(25)20-15-8-10-22(3)11-9-15/h4-5,12,15H,6-11H2,1-3H3,(H,20,25). The van der Waals surface area contributed by atoms with Crippen molar-refractivity contribution in [2.45, 2.75) is 45.6 Å². The average Bonchev–Trinajstić information content (AvgIpc) is 2.59. The van der Waals surface area contributed by atoms with Gasteiger partial charge < -0.3 is 10.2 Å². The number of nitrogens with zero attached hydrogens (tertiary/aromatic N) is 3. The van der Waals surface area contributed by atoms with Crippen molar-refractivity contribution in [3.63, 3.8) is 0 Å². The van der Waals surface area contributed by atoms with Crippen molar-refractivity contribution in [3.05, 3.63) is 29.3 Å². The molecule has 0 unspecified atom stereocenters. The Hall–Kier alpha value is -2.21. The molecule has 2 aliphatic rings. The maximum Gasteiger partial charge on any atom is 0.267 e. The molecule has 0 aromatic heterocycles. The van der Waals surface area contributed by atoms with E-state index in [4.69, 9.17) is 0 Å². The van der Waals surface area contributed by atoms with E-state index >= 15 is 0 Å². The number of piperidine rings is 1. The number of amides is 2. The molecule has 0 bridgehead atoms. The summed E-state index contributed by atoms with van der Waals surface area (Å²) in [6, 6.07) is 6.11. The van der Waals surface area contributed by atoms with Gasteiger partial charge in [0.25, 0.3) is 5.91 Å². The third kappa shape index (κ3) is 4.07. The number of benzene rings is 1. The summed E-state index contributed by atoms with van der Waals surface area (Å²) in [5.74, 6) is -0.207. The van der Waals surface area contributed by atoms with Gasteiger partial charge in [-0.05, 0) is 64.0 Å². The number of hydrazone groups is 1. The molecular weight excluding hydrogens is 316 g/mol.